The van der Waals surface area contributed by atoms with Gasteiger partial charge in [0.15, 0.2) is 6.04 Å². The van der Waals surface area contributed by atoms with Crippen LogP contribution in [-0.2, 0) is 35.2 Å². The van der Waals surface area contributed by atoms with Gasteiger partial charge in [-0.3, -0.25) is 24.0 Å². The summed E-state index contributed by atoms with van der Waals surface area (Å²) < 4.78 is 0. The smallest absolute Gasteiger partial charge is 0.328 e. The zero-order valence-corrected chi connectivity index (χ0v) is 18.8. The number of aliphatic hydroxyl groups excluding tert-OH is 1. The minimum atomic E-state index is -1.76. The van der Waals surface area contributed by atoms with Gasteiger partial charge in [0.05, 0.1) is 24.9 Å². The Balaban J connectivity index is 3.05. The number of aliphatic carboxylic acids is 2. The number of carboxylic acids is 2. The molecule has 0 aliphatic heterocycles. The molecule has 0 bridgehead atoms. The molecule has 1 rings (SSSR count). The second-order valence-electron chi connectivity index (χ2n) is 7.68. The van der Waals surface area contributed by atoms with Gasteiger partial charge in [0.25, 0.3) is 0 Å². The van der Waals surface area contributed by atoms with Crippen molar-refractivity contribution in [3.8, 4) is 0 Å². The fourth-order valence-corrected chi connectivity index (χ4v) is 2.83. The Morgan fingerprint density at radius 2 is 1.63 bits per heavy atom. The number of carbonyl (C=O) groups is 6. The second-order valence-corrected chi connectivity index (χ2v) is 7.68. The maximum absolute atomic E-state index is 12.9. The molecule has 0 saturated carbocycles. The number of primary amides is 1. The summed E-state index contributed by atoms with van der Waals surface area (Å²) in [5, 5.41) is 34.3. The monoisotopic (exact) mass is 499 g/mol. The highest BCUT2D eigenvalue weighted by atomic mass is 16.4. The minimum absolute atomic E-state index is 0.0977. The normalized spacial score (nSPS) is 15.1. The number of nitrogens with two attached hydrogens (primary N) is 2. The Morgan fingerprint density at radius 3 is 2.11 bits per heavy atom. The Kier molecular flexibility index (Phi) is 11.3. The topological polar surface area (TPSA) is 280 Å². The summed E-state index contributed by atoms with van der Waals surface area (Å²) in [6, 6.07) is -6.07. The molecule has 0 fully saturated rings. The van der Waals surface area contributed by atoms with E-state index in [-0.39, 0.29) is 19.3 Å². The van der Waals surface area contributed by atoms with Crippen LogP contribution in [0.3, 0.4) is 0 Å². The summed E-state index contributed by atoms with van der Waals surface area (Å²) in [5.41, 5.74) is 11.2. The van der Waals surface area contributed by atoms with E-state index in [1.165, 1.54) is 12.5 Å². The second kappa shape index (κ2) is 13.6. The number of aromatic nitrogens is 2. The first-order valence-electron chi connectivity index (χ1n) is 10.4. The third kappa shape index (κ3) is 10.2. The predicted molar refractivity (Wildman–Crippen MR) is 116 cm³/mol. The van der Waals surface area contributed by atoms with Crippen molar-refractivity contribution in [3.05, 3.63) is 18.2 Å². The molecule has 5 atom stereocenters. The zero-order valence-electron chi connectivity index (χ0n) is 18.8. The lowest BCUT2D eigenvalue weighted by atomic mass is 10.1. The Bertz CT molecular complexity index is 920. The van der Waals surface area contributed by atoms with E-state index in [4.69, 9.17) is 21.7 Å². The van der Waals surface area contributed by atoms with Crippen molar-refractivity contribution in [1.82, 2.24) is 25.9 Å². The molecule has 0 saturated heterocycles. The summed E-state index contributed by atoms with van der Waals surface area (Å²) >= 11 is 0. The lowest BCUT2D eigenvalue weighted by Gasteiger charge is -2.25. The molecule has 0 aromatic carbocycles. The zero-order chi connectivity index (χ0) is 26.7. The van der Waals surface area contributed by atoms with Gasteiger partial charge in [0.2, 0.25) is 23.6 Å². The Hall–Kier alpha value is -4.05. The maximum Gasteiger partial charge on any atom is 0.328 e. The van der Waals surface area contributed by atoms with E-state index in [2.05, 4.69) is 20.6 Å². The van der Waals surface area contributed by atoms with Crippen molar-refractivity contribution in [2.24, 2.45) is 11.5 Å². The van der Waals surface area contributed by atoms with Gasteiger partial charge in [0.1, 0.15) is 12.1 Å². The number of hydrogen-bond acceptors (Lipinski definition) is 9. The SMILES string of the molecule is CC(O)C(NC(=O)C(CC(=O)O)NC(=O)C(Cc1cnc[nH]1)NC(=O)C(N)CCC(N)=O)C(=O)O. The number of carboxylic acid groups (broad SMARTS) is 2. The van der Waals surface area contributed by atoms with Gasteiger partial charge in [-0.1, -0.05) is 0 Å². The lowest BCUT2D eigenvalue weighted by molar-refractivity contribution is -0.146. The first-order valence-corrected chi connectivity index (χ1v) is 10.4. The van der Waals surface area contributed by atoms with Crippen LogP contribution in [-0.4, -0.2) is 91.1 Å². The summed E-state index contributed by atoms with van der Waals surface area (Å²) in [4.78, 5) is 77.8. The largest absolute Gasteiger partial charge is 0.481 e. The molecule has 16 nitrogen and oxygen atoms in total. The highest BCUT2D eigenvalue weighted by Gasteiger charge is 2.33. The predicted octanol–water partition coefficient (Wildman–Crippen LogP) is -4.06. The summed E-state index contributed by atoms with van der Waals surface area (Å²) in [6.45, 7) is 1.10. The Labute approximate surface area is 198 Å². The van der Waals surface area contributed by atoms with E-state index in [0.717, 1.165) is 6.92 Å². The molecule has 4 amide bonds. The van der Waals surface area contributed by atoms with Crippen molar-refractivity contribution in [3.63, 3.8) is 0 Å². The molecule has 0 spiro atoms. The van der Waals surface area contributed by atoms with Gasteiger partial charge < -0.3 is 47.7 Å². The van der Waals surface area contributed by atoms with E-state index in [1.807, 2.05) is 5.32 Å². The number of H-pyrrole nitrogens is 1. The highest BCUT2D eigenvalue weighted by molar-refractivity contribution is 5.95. The maximum atomic E-state index is 12.9. The van der Waals surface area contributed by atoms with Gasteiger partial charge in [-0.2, -0.15) is 0 Å². The third-order valence-corrected chi connectivity index (χ3v) is 4.71. The summed E-state index contributed by atoms with van der Waals surface area (Å²) in [6.07, 6.45) is -0.207. The van der Waals surface area contributed by atoms with Gasteiger partial charge in [-0.25, -0.2) is 9.78 Å². The molecule has 1 heterocycles. The van der Waals surface area contributed by atoms with Crippen molar-refractivity contribution in [1.29, 1.82) is 0 Å². The highest BCUT2D eigenvalue weighted by Crippen LogP contribution is 2.04. The average molecular weight is 499 g/mol. The van der Waals surface area contributed by atoms with E-state index in [0.29, 0.717) is 5.69 Å². The summed E-state index contributed by atoms with van der Waals surface area (Å²) in [7, 11) is 0. The summed E-state index contributed by atoms with van der Waals surface area (Å²) in [5.74, 6) is -6.73. The van der Waals surface area contributed by atoms with E-state index >= 15 is 0 Å². The molecule has 0 radical (unpaired) electrons. The molecule has 16 heteroatoms. The third-order valence-electron chi connectivity index (χ3n) is 4.71. The van der Waals surface area contributed by atoms with Crippen LogP contribution in [0.4, 0.5) is 0 Å². The van der Waals surface area contributed by atoms with Crippen molar-refractivity contribution >= 4 is 35.6 Å². The van der Waals surface area contributed by atoms with Crippen LogP contribution in [0, 0.1) is 0 Å². The van der Waals surface area contributed by atoms with Crippen LogP contribution in [0.15, 0.2) is 12.5 Å². The standard InChI is InChI=1S/C19H29N7O9/c1-8(27)15(19(34)35)26-18(33)12(5-14(29)30)25-17(32)11(4-9-6-22-7-23-9)24-16(31)10(20)2-3-13(21)28/h6-8,10-12,15,27H,2-5,20H2,1H3,(H2,21,28)(H,22,23)(H,24,31)(H,25,32)(H,26,33)(H,29,30)(H,34,35). The van der Waals surface area contributed by atoms with Crippen LogP contribution >= 0.6 is 0 Å². The van der Waals surface area contributed by atoms with E-state index in [9.17, 15) is 33.9 Å². The number of hydrogen-bond donors (Lipinski definition) is 9. The van der Waals surface area contributed by atoms with Crippen LogP contribution < -0.4 is 27.4 Å². The number of imidazole rings is 1. The molecule has 5 unspecified atom stereocenters. The molecular weight excluding hydrogens is 470 g/mol. The lowest BCUT2D eigenvalue weighted by Crippen LogP contribution is -2.59. The van der Waals surface area contributed by atoms with Crippen LogP contribution in [0.2, 0.25) is 0 Å². The van der Waals surface area contributed by atoms with Crippen molar-refractivity contribution in [2.45, 2.75) is 62.9 Å². The molecule has 194 valence electrons. The van der Waals surface area contributed by atoms with Gasteiger partial charge in [-0.15, -0.1) is 0 Å². The number of aliphatic hydroxyl groups is 1. The van der Waals surface area contributed by atoms with Gasteiger partial charge in [-0.05, 0) is 13.3 Å². The van der Waals surface area contributed by atoms with E-state index < -0.39 is 72.3 Å². The number of nitrogens with zero attached hydrogens (tertiary/aromatic N) is 1. The molecule has 11 N–H and O–H groups in total. The molecule has 35 heavy (non-hydrogen) atoms. The number of nitrogens with one attached hydrogen (secondary N) is 4. The number of rotatable bonds is 15. The fourth-order valence-electron chi connectivity index (χ4n) is 2.83. The van der Waals surface area contributed by atoms with Crippen molar-refractivity contribution in [2.75, 3.05) is 0 Å². The molecule has 1 aromatic heterocycles. The molecule has 0 aliphatic rings. The van der Waals surface area contributed by atoms with Crippen molar-refractivity contribution < 1.29 is 44.1 Å². The van der Waals surface area contributed by atoms with E-state index in [1.54, 1.807) is 0 Å². The van der Waals surface area contributed by atoms with Crippen LogP contribution in [0.25, 0.3) is 0 Å². The minimum Gasteiger partial charge on any atom is -0.481 e. The first kappa shape index (κ1) is 29.0. The Morgan fingerprint density at radius 1 is 1.03 bits per heavy atom. The number of amides is 4. The van der Waals surface area contributed by atoms with Gasteiger partial charge >= 0.3 is 11.9 Å². The number of carbonyl (C=O) groups excluding carboxylic acids is 4. The molecule has 0 aliphatic carbocycles. The fraction of sp³-hybridized carbons (Fsp3) is 0.526. The quantitative estimate of drug-likeness (QED) is 0.112. The molecule has 1 aromatic rings. The molecular formula is C19H29N7O9. The van der Waals surface area contributed by atoms with Crippen LogP contribution in [0.1, 0.15) is 31.9 Å². The average Bonchev–Trinajstić information content (AvgIpc) is 3.26. The van der Waals surface area contributed by atoms with Crippen LogP contribution in [0.5, 0.6) is 0 Å². The number of aromatic amines is 1. The first-order chi connectivity index (χ1) is 16.3. The van der Waals surface area contributed by atoms with Gasteiger partial charge in [0, 0.05) is 24.7 Å².